The maximum absolute atomic E-state index is 11.2. The molecule has 6 nitrogen and oxygen atoms in total. The summed E-state index contributed by atoms with van der Waals surface area (Å²) < 4.78 is 0. The van der Waals surface area contributed by atoms with Gasteiger partial charge in [0.15, 0.2) is 6.10 Å². The van der Waals surface area contributed by atoms with Gasteiger partial charge in [-0.15, -0.1) is 0 Å². The number of carboxylic acid groups (broad SMARTS) is 1. The first kappa shape index (κ1) is 18.6. The fraction of sp³-hybridized carbons (Fsp3) is 0.941. The summed E-state index contributed by atoms with van der Waals surface area (Å²) in [6.07, 6.45) is 11.8. The number of carboxylic acids is 1. The van der Waals surface area contributed by atoms with Crippen LogP contribution in [0.1, 0.15) is 83.5 Å². The van der Waals surface area contributed by atoms with Gasteiger partial charge < -0.3 is 5.11 Å². The molecular formula is C17H30O6. The third kappa shape index (κ3) is 6.75. The van der Waals surface area contributed by atoms with E-state index in [1.807, 2.05) is 0 Å². The van der Waals surface area contributed by atoms with Crippen LogP contribution in [0.2, 0.25) is 0 Å². The van der Waals surface area contributed by atoms with Gasteiger partial charge in [-0.05, 0) is 25.7 Å². The van der Waals surface area contributed by atoms with E-state index >= 15 is 0 Å². The quantitative estimate of drug-likeness (QED) is 0.729. The molecule has 1 N–H and O–H groups in total. The van der Waals surface area contributed by atoms with E-state index < -0.39 is 17.9 Å². The fourth-order valence-corrected chi connectivity index (χ4v) is 3.17. The number of hydrogen-bond acceptors (Lipinski definition) is 5. The largest absolute Gasteiger partial charge is 0.479 e. The second-order valence-electron chi connectivity index (χ2n) is 6.65. The number of carbonyl (C=O) groups is 1. The lowest BCUT2D eigenvalue weighted by Crippen LogP contribution is -2.38. The second kappa shape index (κ2) is 10.2. The molecule has 1 saturated heterocycles. The Labute approximate surface area is 138 Å². The lowest BCUT2D eigenvalue weighted by Gasteiger charge is -2.31. The van der Waals surface area contributed by atoms with E-state index in [2.05, 4.69) is 0 Å². The highest BCUT2D eigenvalue weighted by Gasteiger charge is 2.37. The molecular weight excluding hydrogens is 300 g/mol. The van der Waals surface area contributed by atoms with Crippen molar-refractivity contribution in [2.24, 2.45) is 0 Å². The van der Waals surface area contributed by atoms with Crippen LogP contribution in [0.15, 0.2) is 0 Å². The first-order valence-corrected chi connectivity index (χ1v) is 9.10. The molecule has 134 valence electrons. The average Bonchev–Trinajstić information content (AvgIpc) is 2.62. The van der Waals surface area contributed by atoms with Crippen LogP contribution < -0.4 is 0 Å². The molecule has 1 atom stereocenters. The van der Waals surface area contributed by atoms with Crippen LogP contribution in [0.4, 0.5) is 0 Å². The topological polar surface area (TPSA) is 74.2 Å². The van der Waals surface area contributed by atoms with Gasteiger partial charge in [-0.2, -0.15) is 9.78 Å². The van der Waals surface area contributed by atoms with Crippen LogP contribution in [0, 0.1) is 0 Å². The summed E-state index contributed by atoms with van der Waals surface area (Å²) in [5.74, 6) is -1.98. The molecule has 1 aliphatic carbocycles. The van der Waals surface area contributed by atoms with E-state index in [4.69, 9.17) is 19.6 Å². The van der Waals surface area contributed by atoms with Crippen LogP contribution in [0.3, 0.4) is 0 Å². The lowest BCUT2D eigenvalue weighted by molar-refractivity contribution is -0.515. The Kier molecular flexibility index (Phi) is 8.30. The van der Waals surface area contributed by atoms with E-state index in [0.717, 1.165) is 25.7 Å². The van der Waals surface area contributed by atoms with E-state index in [9.17, 15) is 9.90 Å². The van der Waals surface area contributed by atoms with Gasteiger partial charge in [0, 0.05) is 12.8 Å². The molecule has 0 radical (unpaired) electrons. The monoisotopic (exact) mass is 330 g/mol. The molecule has 2 aliphatic rings. The minimum Gasteiger partial charge on any atom is -0.479 e. The predicted molar refractivity (Wildman–Crippen MR) is 83.4 cm³/mol. The highest BCUT2D eigenvalue weighted by atomic mass is 17.3. The van der Waals surface area contributed by atoms with Crippen LogP contribution in [0.25, 0.3) is 0 Å². The Hall–Kier alpha value is -0.690. The van der Waals surface area contributed by atoms with Gasteiger partial charge >= 0.3 is 5.97 Å². The van der Waals surface area contributed by atoms with E-state index in [1.165, 1.54) is 32.1 Å². The molecule has 1 spiro atoms. The van der Waals surface area contributed by atoms with E-state index in [-0.39, 0.29) is 0 Å². The Morgan fingerprint density at radius 1 is 0.826 bits per heavy atom. The van der Waals surface area contributed by atoms with Crippen molar-refractivity contribution in [1.82, 2.24) is 0 Å². The molecule has 0 bridgehead atoms. The van der Waals surface area contributed by atoms with Gasteiger partial charge in [-0.3, -0.25) is 0 Å². The summed E-state index contributed by atoms with van der Waals surface area (Å²) in [6.45, 7) is 0.359. The van der Waals surface area contributed by atoms with Crippen LogP contribution >= 0.6 is 0 Å². The van der Waals surface area contributed by atoms with Crippen molar-refractivity contribution >= 4 is 5.97 Å². The maximum atomic E-state index is 11.2. The molecule has 0 aromatic heterocycles. The smallest absolute Gasteiger partial charge is 0.336 e. The van der Waals surface area contributed by atoms with Crippen molar-refractivity contribution in [3.05, 3.63) is 0 Å². The van der Waals surface area contributed by atoms with E-state index in [0.29, 0.717) is 32.3 Å². The third-order valence-electron chi connectivity index (χ3n) is 4.61. The minimum atomic E-state index is -1.00. The highest BCUT2D eigenvalue weighted by Crippen LogP contribution is 2.31. The summed E-state index contributed by atoms with van der Waals surface area (Å²) >= 11 is 0. The summed E-state index contributed by atoms with van der Waals surface area (Å²) in [5.41, 5.74) is 0. The molecule has 0 aromatic rings. The fourth-order valence-electron chi connectivity index (χ4n) is 3.17. The lowest BCUT2D eigenvalue weighted by atomic mass is 9.97. The molecule has 0 aromatic carbocycles. The van der Waals surface area contributed by atoms with Crippen molar-refractivity contribution in [2.45, 2.75) is 95.4 Å². The van der Waals surface area contributed by atoms with Crippen molar-refractivity contribution < 1.29 is 29.5 Å². The Morgan fingerprint density at radius 3 is 1.96 bits per heavy atom. The van der Waals surface area contributed by atoms with Gasteiger partial charge in [0.05, 0.1) is 6.61 Å². The number of hydrogen-bond donors (Lipinski definition) is 1. The summed E-state index contributed by atoms with van der Waals surface area (Å²) in [4.78, 5) is 32.9. The predicted octanol–water partition coefficient (Wildman–Crippen LogP) is 4.13. The Bertz CT molecular complexity index is 334. The van der Waals surface area contributed by atoms with Crippen molar-refractivity contribution in [1.29, 1.82) is 0 Å². The molecule has 23 heavy (non-hydrogen) atoms. The molecule has 2 rings (SSSR count). The van der Waals surface area contributed by atoms with Crippen LogP contribution in [-0.4, -0.2) is 29.6 Å². The summed E-state index contributed by atoms with van der Waals surface area (Å²) in [5, 5.41) is 9.20. The summed E-state index contributed by atoms with van der Waals surface area (Å²) in [6, 6.07) is 0. The summed E-state index contributed by atoms with van der Waals surface area (Å²) in [7, 11) is 0. The van der Waals surface area contributed by atoms with Gasteiger partial charge in [0.2, 0.25) is 5.79 Å². The van der Waals surface area contributed by atoms with Crippen molar-refractivity contribution in [3.8, 4) is 0 Å². The van der Waals surface area contributed by atoms with Gasteiger partial charge in [0.1, 0.15) is 0 Å². The molecule has 6 heteroatoms. The molecule has 0 amide bonds. The number of rotatable bonds is 1. The Balaban J connectivity index is 1.99. The molecule has 1 aliphatic heterocycles. The Morgan fingerprint density at radius 2 is 1.39 bits per heavy atom. The van der Waals surface area contributed by atoms with Gasteiger partial charge in [0.25, 0.3) is 0 Å². The van der Waals surface area contributed by atoms with Crippen LogP contribution in [-0.2, 0) is 24.3 Å². The SMILES string of the molecule is O=C(O)C1CCCOOC2(CCCCCCCCCCC2)OO1. The van der Waals surface area contributed by atoms with E-state index in [1.54, 1.807) is 0 Å². The third-order valence-corrected chi connectivity index (χ3v) is 4.61. The average molecular weight is 330 g/mol. The first-order chi connectivity index (χ1) is 11.2. The van der Waals surface area contributed by atoms with Crippen molar-refractivity contribution in [3.63, 3.8) is 0 Å². The van der Waals surface area contributed by atoms with Gasteiger partial charge in [-0.25, -0.2) is 14.6 Å². The molecule has 1 unspecified atom stereocenters. The highest BCUT2D eigenvalue weighted by molar-refractivity contribution is 5.72. The zero-order chi connectivity index (χ0) is 16.4. The molecule has 2 fully saturated rings. The van der Waals surface area contributed by atoms with Gasteiger partial charge in [-0.1, -0.05) is 44.9 Å². The standard InChI is InChI=1S/C17H30O6/c18-16(19)15-11-10-14-20-22-17(23-21-15)12-8-6-4-2-1-3-5-7-9-13-17/h15H,1-14H2,(H,18,19). The zero-order valence-corrected chi connectivity index (χ0v) is 14.0. The molecule has 1 saturated carbocycles. The van der Waals surface area contributed by atoms with Crippen molar-refractivity contribution in [2.75, 3.05) is 6.61 Å². The first-order valence-electron chi connectivity index (χ1n) is 9.10. The van der Waals surface area contributed by atoms with Crippen LogP contribution in [0.5, 0.6) is 0 Å². The molecule has 1 heterocycles. The number of aliphatic carboxylic acids is 1. The second-order valence-corrected chi connectivity index (χ2v) is 6.65. The minimum absolute atomic E-state index is 0.356. The maximum Gasteiger partial charge on any atom is 0.336 e. The zero-order valence-electron chi connectivity index (χ0n) is 14.0. The normalized spacial score (nSPS) is 28.6.